The number of ether oxygens (including phenoxy) is 1. The number of pyridine rings is 1. The number of aryl methyl sites for hydroxylation is 1. The van der Waals surface area contributed by atoms with Crippen molar-refractivity contribution in [3.63, 3.8) is 0 Å². The number of ketones is 1. The molecule has 0 radical (unpaired) electrons. The van der Waals surface area contributed by atoms with Crippen molar-refractivity contribution in [2.75, 3.05) is 13.2 Å². The lowest BCUT2D eigenvalue weighted by molar-refractivity contribution is 0.0544. The molecule has 0 amide bonds. The first-order valence-corrected chi connectivity index (χ1v) is 10.1. The van der Waals surface area contributed by atoms with E-state index in [1.807, 2.05) is 18.2 Å². The average molecular weight is 413 g/mol. The topological polar surface area (TPSA) is 57.5 Å². The van der Waals surface area contributed by atoms with Crippen molar-refractivity contribution in [3.05, 3.63) is 70.3 Å². The number of carbonyl (C=O) groups excluding carboxylic acids is 1. The third-order valence-corrected chi connectivity index (χ3v) is 5.80. The molecule has 1 aliphatic heterocycles. The predicted molar refractivity (Wildman–Crippen MR) is 110 cm³/mol. The lowest BCUT2D eigenvalue weighted by Crippen LogP contribution is -2.23. The number of Topliss-reactive ketones (excluding diaryl/α,β-unsaturated/α-hetero) is 1. The van der Waals surface area contributed by atoms with Gasteiger partial charge in [0.05, 0.1) is 17.6 Å². The molecule has 150 valence electrons. The van der Waals surface area contributed by atoms with Gasteiger partial charge in [-0.2, -0.15) is 0 Å². The van der Waals surface area contributed by atoms with Crippen LogP contribution in [0.25, 0.3) is 10.9 Å². The van der Waals surface area contributed by atoms with Gasteiger partial charge in [0.15, 0.2) is 5.78 Å². The minimum atomic E-state index is -0.507. The summed E-state index contributed by atoms with van der Waals surface area (Å²) in [4.78, 5) is 25.2. The number of halogens is 1. The largest absolute Gasteiger partial charge is 0.421 e. The van der Waals surface area contributed by atoms with E-state index in [9.17, 15) is 14.0 Å². The first-order chi connectivity index (χ1) is 14.0. The van der Waals surface area contributed by atoms with Crippen LogP contribution in [0.3, 0.4) is 0 Å². The summed E-state index contributed by atoms with van der Waals surface area (Å²) in [5, 5.41) is 0.898. The highest BCUT2D eigenvalue weighted by molar-refractivity contribution is 7.95. The smallest absolute Gasteiger partial charge is 0.250 e. The molecule has 2 aromatic carbocycles. The number of aromatic nitrogens is 1. The normalized spacial score (nSPS) is 14.8. The molecule has 0 N–H and O–H groups in total. The van der Waals surface area contributed by atoms with Gasteiger partial charge in [-0.15, -0.1) is 0 Å². The molecule has 4 rings (SSSR count). The Kier molecular flexibility index (Phi) is 5.69. The Morgan fingerprint density at radius 1 is 1.14 bits per heavy atom. The Morgan fingerprint density at radius 3 is 2.72 bits per heavy atom. The van der Waals surface area contributed by atoms with E-state index in [0.717, 1.165) is 27.8 Å². The van der Waals surface area contributed by atoms with E-state index in [1.165, 1.54) is 18.2 Å². The van der Waals surface area contributed by atoms with Crippen LogP contribution in [0, 0.1) is 11.7 Å². The van der Waals surface area contributed by atoms with Gasteiger partial charge in [-0.1, -0.05) is 0 Å². The Labute approximate surface area is 171 Å². The molecular formula is C22H20FNO4S. The lowest BCUT2D eigenvalue weighted by Gasteiger charge is -2.21. The number of fused-ring (bicyclic) bond motifs is 1. The number of hydrogen-bond acceptors (Lipinski definition) is 5. The summed E-state index contributed by atoms with van der Waals surface area (Å²) < 4.78 is 26.6. The minimum absolute atomic E-state index is 0.0735. The zero-order valence-electron chi connectivity index (χ0n) is 15.9. The van der Waals surface area contributed by atoms with Crippen LogP contribution in [0.2, 0.25) is 0 Å². The van der Waals surface area contributed by atoms with Crippen molar-refractivity contribution < 1.29 is 18.1 Å². The second-order valence-electron chi connectivity index (χ2n) is 7.04. The van der Waals surface area contributed by atoms with Gasteiger partial charge in [-0.05, 0) is 54.6 Å². The molecule has 5 nitrogen and oxygen atoms in total. The van der Waals surface area contributed by atoms with Crippen molar-refractivity contribution in [3.8, 4) is 5.75 Å². The molecule has 0 saturated carbocycles. The van der Waals surface area contributed by atoms with E-state index in [-0.39, 0.29) is 23.0 Å². The van der Waals surface area contributed by atoms with E-state index in [4.69, 9.17) is 8.92 Å². The molecular weight excluding hydrogens is 393 g/mol. The van der Waals surface area contributed by atoms with Gasteiger partial charge in [0.25, 0.3) is 5.56 Å². The molecule has 1 aromatic heterocycles. The Balaban J connectivity index is 1.51. The van der Waals surface area contributed by atoms with Gasteiger partial charge in [0.2, 0.25) is 0 Å². The third kappa shape index (κ3) is 4.36. The van der Waals surface area contributed by atoms with Crippen molar-refractivity contribution in [1.29, 1.82) is 0 Å². The maximum Gasteiger partial charge on any atom is 0.250 e. The summed E-state index contributed by atoms with van der Waals surface area (Å²) in [6.45, 7) is 1.11. The zero-order chi connectivity index (χ0) is 20.4. The molecule has 3 aromatic rings. The summed E-state index contributed by atoms with van der Waals surface area (Å²) in [6.07, 6.45) is 1.31. The Morgan fingerprint density at radius 2 is 1.93 bits per heavy atom. The van der Waals surface area contributed by atoms with Crippen LogP contribution in [0.5, 0.6) is 5.75 Å². The monoisotopic (exact) mass is 413 g/mol. The average Bonchev–Trinajstić information content (AvgIpc) is 2.74. The summed E-state index contributed by atoms with van der Waals surface area (Å²) in [6, 6.07) is 12.9. The van der Waals surface area contributed by atoms with Gasteiger partial charge in [0, 0.05) is 48.8 Å². The van der Waals surface area contributed by atoms with E-state index >= 15 is 0 Å². The fraction of sp³-hybridized carbons (Fsp3) is 0.273. The predicted octanol–water partition coefficient (Wildman–Crippen LogP) is 4.37. The van der Waals surface area contributed by atoms with Gasteiger partial charge >= 0.3 is 0 Å². The maximum absolute atomic E-state index is 14.1. The first kappa shape index (κ1) is 19.7. The molecule has 0 unspecified atom stereocenters. The number of rotatable bonds is 5. The molecule has 0 bridgehead atoms. The second kappa shape index (κ2) is 8.39. The van der Waals surface area contributed by atoms with Crippen LogP contribution in [0.1, 0.15) is 23.2 Å². The van der Waals surface area contributed by atoms with Crippen LogP contribution in [0.15, 0.2) is 58.2 Å². The highest BCUT2D eigenvalue weighted by Crippen LogP contribution is 2.29. The van der Waals surface area contributed by atoms with Gasteiger partial charge < -0.3 is 13.5 Å². The van der Waals surface area contributed by atoms with Crippen molar-refractivity contribution >= 4 is 28.7 Å². The molecule has 0 atom stereocenters. The fourth-order valence-corrected chi connectivity index (χ4v) is 4.05. The van der Waals surface area contributed by atoms with Crippen molar-refractivity contribution in [2.45, 2.75) is 17.7 Å². The second-order valence-corrected chi connectivity index (χ2v) is 7.85. The summed E-state index contributed by atoms with van der Waals surface area (Å²) >= 11 is 1.08. The fourth-order valence-electron chi connectivity index (χ4n) is 3.46. The first-order valence-electron chi connectivity index (χ1n) is 9.38. The van der Waals surface area contributed by atoms with Gasteiger partial charge in [0.1, 0.15) is 11.6 Å². The lowest BCUT2D eigenvalue weighted by atomic mass is 9.91. The molecule has 7 heteroatoms. The third-order valence-electron chi connectivity index (χ3n) is 5.08. The van der Waals surface area contributed by atoms with Gasteiger partial charge in [-0.3, -0.25) is 9.59 Å². The van der Waals surface area contributed by atoms with Crippen LogP contribution < -0.4 is 9.74 Å². The molecule has 0 spiro atoms. The Bertz CT molecular complexity index is 1120. The number of hydrogen-bond donors (Lipinski definition) is 0. The minimum Gasteiger partial charge on any atom is -0.421 e. The van der Waals surface area contributed by atoms with Crippen LogP contribution in [-0.2, 0) is 11.8 Å². The van der Waals surface area contributed by atoms with Crippen molar-refractivity contribution in [1.82, 2.24) is 4.57 Å². The van der Waals surface area contributed by atoms with Crippen LogP contribution in [0.4, 0.5) is 4.39 Å². The molecule has 1 fully saturated rings. The van der Waals surface area contributed by atoms with E-state index in [2.05, 4.69) is 0 Å². The quantitative estimate of drug-likeness (QED) is 0.459. The summed E-state index contributed by atoms with van der Waals surface area (Å²) in [5.74, 6) is -0.439. The molecule has 29 heavy (non-hydrogen) atoms. The molecule has 1 saturated heterocycles. The standard InChI is InChI=1S/C22H20FNO4S/c1-24-20-4-3-19(12-15(20)2-5-21(24)25)29-28-18-11-16(10-17(23)13-18)22(26)14-6-8-27-9-7-14/h2-5,10-14H,6-9H2,1H3. The molecule has 1 aliphatic rings. The Hall–Kier alpha value is -2.64. The number of carbonyl (C=O) groups is 1. The molecule has 0 aliphatic carbocycles. The van der Waals surface area contributed by atoms with Crippen LogP contribution in [-0.4, -0.2) is 23.6 Å². The summed E-state index contributed by atoms with van der Waals surface area (Å²) in [5.41, 5.74) is 1.06. The number of nitrogens with zero attached hydrogens (tertiary/aromatic N) is 1. The van der Waals surface area contributed by atoms with Crippen molar-refractivity contribution in [2.24, 2.45) is 13.0 Å². The highest BCUT2D eigenvalue weighted by Gasteiger charge is 2.23. The highest BCUT2D eigenvalue weighted by atomic mass is 32.2. The molecule has 2 heterocycles. The van der Waals surface area contributed by atoms with Crippen LogP contribution >= 0.6 is 12.0 Å². The van der Waals surface area contributed by atoms with E-state index < -0.39 is 5.82 Å². The number of benzene rings is 2. The summed E-state index contributed by atoms with van der Waals surface area (Å²) in [7, 11) is 1.72. The maximum atomic E-state index is 14.1. The van der Waals surface area contributed by atoms with Gasteiger partial charge in [-0.25, -0.2) is 4.39 Å². The zero-order valence-corrected chi connectivity index (χ0v) is 16.7. The van der Waals surface area contributed by atoms with E-state index in [1.54, 1.807) is 23.7 Å². The SMILES string of the molecule is Cn1c(=O)ccc2cc(SOc3cc(F)cc(C(=O)C4CCOCC4)c3)ccc21. The van der Waals surface area contributed by atoms with E-state index in [0.29, 0.717) is 31.6 Å².